The molecule has 4 heteroatoms. The lowest BCUT2D eigenvalue weighted by molar-refractivity contribution is -0.136. The minimum absolute atomic E-state index is 0.0971. The first-order valence-corrected chi connectivity index (χ1v) is 7.57. The molecule has 0 saturated heterocycles. The van der Waals surface area contributed by atoms with Crippen molar-refractivity contribution >= 4 is 5.97 Å². The highest BCUT2D eigenvalue weighted by Gasteiger charge is 2.39. The second-order valence-corrected chi connectivity index (χ2v) is 6.53. The molecule has 0 unspecified atom stereocenters. The lowest BCUT2D eigenvalue weighted by Gasteiger charge is -2.49. The van der Waals surface area contributed by atoms with Gasteiger partial charge in [-0.3, -0.25) is 4.79 Å². The van der Waals surface area contributed by atoms with Crippen LogP contribution >= 0.6 is 0 Å². The summed E-state index contributed by atoms with van der Waals surface area (Å²) in [7, 11) is 6.51. The Bertz CT molecular complexity index is 478. The molecule has 0 amide bonds. The molecule has 4 nitrogen and oxygen atoms in total. The van der Waals surface area contributed by atoms with Gasteiger partial charge in [-0.2, -0.15) is 0 Å². The molecule has 0 bridgehead atoms. The van der Waals surface area contributed by atoms with Crippen LogP contribution in [0.25, 0.3) is 0 Å². The van der Waals surface area contributed by atoms with Gasteiger partial charge < -0.3 is 14.9 Å². The molecule has 116 valence electrons. The number of carbonyl (C=O) groups is 1. The molecule has 0 aliphatic heterocycles. The summed E-state index contributed by atoms with van der Waals surface area (Å²) in [5.41, 5.74) is 2.44. The van der Waals surface area contributed by atoms with Gasteiger partial charge in [0, 0.05) is 18.6 Å². The molecule has 1 saturated carbocycles. The summed E-state index contributed by atoms with van der Waals surface area (Å²) in [4.78, 5) is 15.4. The van der Waals surface area contributed by atoms with Crippen LogP contribution in [-0.2, 0) is 17.8 Å². The number of rotatable bonds is 7. The van der Waals surface area contributed by atoms with Crippen molar-refractivity contribution in [3.05, 3.63) is 35.4 Å². The fraction of sp³-hybridized carbons (Fsp3) is 0.588. The van der Waals surface area contributed by atoms with Gasteiger partial charge in [0.15, 0.2) is 0 Å². The summed E-state index contributed by atoms with van der Waals surface area (Å²) in [6.07, 6.45) is 3.99. The predicted octanol–water partition coefficient (Wildman–Crippen LogP) is 2.23. The molecule has 0 spiro atoms. The molecule has 0 radical (unpaired) electrons. The van der Waals surface area contributed by atoms with Crippen LogP contribution in [0, 0.1) is 0 Å². The minimum Gasteiger partial charge on any atom is -0.481 e. The SMILES string of the molecule is CN(Cc1ccc(CC(=O)O)cc1)CC1(N(C)C)CCC1. The molecular formula is C17H26N2O2. The zero-order chi connectivity index (χ0) is 15.5. The van der Waals surface area contributed by atoms with Crippen molar-refractivity contribution in [2.75, 3.05) is 27.7 Å². The van der Waals surface area contributed by atoms with Crippen molar-refractivity contribution < 1.29 is 9.90 Å². The third-order valence-electron chi connectivity index (χ3n) is 4.63. The van der Waals surface area contributed by atoms with E-state index in [2.05, 4.69) is 30.9 Å². The fourth-order valence-electron chi connectivity index (χ4n) is 3.14. The van der Waals surface area contributed by atoms with Crippen LogP contribution in [0.1, 0.15) is 30.4 Å². The van der Waals surface area contributed by atoms with Gasteiger partial charge >= 0.3 is 5.97 Å². The number of benzene rings is 1. The normalized spacial score (nSPS) is 17.0. The molecule has 2 rings (SSSR count). The highest BCUT2D eigenvalue weighted by atomic mass is 16.4. The van der Waals surface area contributed by atoms with Crippen molar-refractivity contribution in [1.29, 1.82) is 0 Å². The Balaban J connectivity index is 1.90. The van der Waals surface area contributed by atoms with Gasteiger partial charge in [0.25, 0.3) is 0 Å². The summed E-state index contributed by atoms with van der Waals surface area (Å²) in [6, 6.07) is 7.92. The van der Waals surface area contributed by atoms with Crippen LogP contribution in [0.5, 0.6) is 0 Å². The summed E-state index contributed by atoms with van der Waals surface area (Å²) in [5.74, 6) is -0.780. The molecule has 1 aromatic rings. The Morgan fingerprint density at radius 3 is 2.14 bits per heavy atom. The summed E-state index contributed by atoms with van der Waals surface area (Å²) in [6.45, 7) is 1.99. The number of nitrogens with zero attached hydrogens (tertiary/aromatic N) is 2. The van der Waals surface area contributed by atoms with E-state index in [4.69, 9.17) is 5.11 Å². The molecule has 0 atom stereocenters. The van der Waals surface area contributed by atoms with Crippen LogP contribution in [0.3, 0.4) is 0 Å². The van der Waals surface area contributed by atoms with Crippen LogP contribution in [-0.4, -0.2) is 54.1 Å². The first-order valence-electron chi connectivity index (χ1n) is 7.57. The van der Waals surface area contributed by atoms with Gasteiger partial charge in [-0.05, 0) is 51.5 Å². The molecule has 0 heterocycles. The highest BCUT2D eigenvalue weighted by molar-refractivity contribution is 5.70. The van der Waals surface area contributed by atoms with Gasteiger partial charge in [-0.25, -0.2) is 0 Å². The van der Waals surface area contributed by atoms with E-state index in [1.165, 1.54) is 24.8 Å². The van der Waals surface area contributed by atoms with Crippen molar-refractivity contribution in [2.45, 2.75) is 37.8 Å². The van der Waals surface area contributed by atoms with Crippen molar-refractivity contribution in [3.63, 3.8) is 0 Å². The number of hydrogen-bond acceptors (Lipinski definition) is 3. The maximum atomic E-state index is 10.7. The van der Waals surface area contributed by atoms with E-state index in [0.717, 1.165) is 18.7 Å². The Hall–Kier alpha value is -1.39. The number of likely N-dealkylation sites (N-methyl/N-ethyl adjacent to an activating group) is 2. The van der Waals surface area contributed by atoms with Crippen LogP contribution in [0.2, 0.25) is 0 Å². The van der Waals surface area contributed by atoms with Gasteiger partial charge in [0.05, 0.1) is 6.42 Å². The first kappa shape index (κ1) is 16.0. The standard InChI is InChI=1S/C17H26N2O2/c1-18(2)17(9-4-10-17)13-19(3)12-15-7-5-14(6-8-15)11-16(20)21/h5-8H,4,9-13H2,1-3H3,(H,20,21). The Morgan fingerprint density at radius 1 is 1.14 bits per heavy atom. The van der Waals surface area contributed by atoms with Gasteiger partial charge in [-0.1, -0.05) is 24.3 Å². The summed E-state index contributed by atoms with van der Waals surface area (Å²) in [5, 5.41) is 8.78. The van der Waals surface area contributed by atoms with E-state index in [-0.39, 0.29) is 6.42 Å². The summed E-state index contributed by atoms with van der Waals surface area (Å²) >= 11 is 0. The maximum absolute atomic E-state index is 10.7. The second-order valence-electron chi connectivity index (χ2n) is 6.53. The molecule has 0 aromatic heterocycles. The van der Waals surface area contributed by atoms with Gasteiger partial charge in [-0.15, -0.1) is 0 Å². The third-order valence-corrected chi connectivity index (χ3v) is 4.63. The second kappa shape index (κ2) is 6.58. The molecular weight excluding hydrogens is 264 g/mol. The average molecular weight is 290 g/mol. The van der Waals surface area contributed by atoms with E-state index in [1.807, 2.05) is 24.3 Å². The van der Waals surface area contributed by atoms with Crippen LogP contribution in [0.4, 0.5) is 0 Å². The largest absolute Gasteiger partial charge is 0.481 e. The van der Waals surface area contributed by atoms with Crippen LogP contribution in [0.15, 0.2) is 24.3 Å². The number of aliphatic carboxylic acids is 1. The monoisotopic (exact) mass is 290 g/mol. The molecule has 1 fully saturated rings. The zero-order valence-electron chi connectivity index (χ0n) is 13.3. The van der Waals surface area contributed by atoms with Gasteiger partial charge in [0.2, 0.25) is 0 Å². The summed E-state index contributed by atoms with van der Waals surface area (Å²) < 4.78 is 0. The lowest BCUT2D eigenvalue weighted by Crippen LogP contribution is -2.56. The predicted molar refractivity (Wildman–Crippen MR) is 84.4 cm³/mol. The molecule has 1 aromatic carbocycles. The topological polar surface area (TPSA) is 43.8 Å². The molecule has 1 N–H and O–H groups in total. The Kier molecular flexibility index (Phi) is 5.01. The van der Waals surface area contributed by atoms with Crippen molar-refractivity contribution in [3.8, 4) is 0 Å². The van der Waals surface area contributed by atoms with E-state index in [0.29, 0.717) is 5.54 Å². The van der Waals surface area contributed by atoms with E-state index in [1.54, 1.807) is 0 Å². The van der Waals surface area contributed by atoms with Gasteiger partial charge in [0.1, 0.15) is 0 Å². The number of carboxylic acid groups (broad SMARTS) is 1. The van der Waals surface area contributed by atoms with E-state index < -0.39 is 5.97 Å². The molecule has 1 aliphatic carbocycles. The maximum Gasteiger partial charge on any atom is 0.307 e. The average Bonchev–Trinajstić information content (AvgIpc) is 2.35. The quantitative estimate of drug-likeness (QED) is 0.836. The Labute approximate surface area is 127 Å². The molecule has 1 aliphatic rings. The first-order chi connectivity index (χ1) is 9.91. The zero-order valence-corrected chi connectivity index (χ0v) is 13.3. The van der Waals surface area contributed by atoms with E-state index in [9.17, 15) is 4.79 Å². The number of hydrogen-bond donors (Lipinski definition) is 1. The fourth-order valence-corrected chi connectivity index (χ4v) is 3.14. The smallest absolute Gasteiger partial charge is 0.307 e. The lowest BCUT2D eigenvalue weighted by atomic mass is 9.75. The molecule has 21 heavy (non-hydrogen) atoms. The van der Waals surface area contributed by atoms with Crippen molar-refractivity contribution in [2.24, 2.45) is 0 Å². The Morgan fingerprint density at radius 2 is 1.71 bits per heavy atom. The third kappa shape index (κ3) is 4.05. The van der Waals surface area contributed by atoms with Crippen LogP contribution < -0.4 is 0 Å². The highest BCUT2D eigenvalue weighted by Crippen LogP contribution is 2.36. The van der Waals surface area contributed by atoms with E-state index >= 15 is 0 Å². The van der Waals surface area contributed by atoms with Crippen molar-refractivity contribution in [1.82, 2.24) is 9.80 Å². The number of carboxylic acids is 1. The minimum atomic E-state index is -0.780.